The number of carbonyl (C=O) groups is 1. The van der Waals surface area contributed by atoms with E-state index in [4.69, 9.17) is 9.47 Å². The maximum atomic E-state index is 12.2. The third-order valence-electron chi connectivity index (χ3n) is 4.05. The number of nitrogens with zero attached hydrogens (tertiary/aromatic N) is 1. The fourth-order valence-electron chi connectivity index (χ4n) is 2.79. The average molecular weight is 329 g/mol. The Morgan fingerprint density at radius 2 is 1.72 bits per heavy atom. The first kappa shape index (κ1) is 15.1. The van der Waals surface area contributed by atoms with Gasteiger partial charge in [0, 0.05) is 11.1 Å². The molecule has 1 aliphatic heterocycles. The maximum Gasteiger partial charge on any atom is 0.363 e. The molecule has 25 heavy (non-hydrogen) atoms. The Balaban J connectivity index is 1.73. The zero-order chi connectivity index (χ0) is 17.2. The molecule has 0 N–H and O–H groups in total. The minimum absolute atomic E-state index is 0.257. The lowest BCUT2D eigenvalue weighted by Crippen LogP contribution is -2.05. The van der Waals surface area contributed by atoms with Gasteiger partial charge >= 0.3 is 5.97 Å². The summed E-state index contributed by atoms with van der Waals surface area (Å²) in [4.78, 5) is 16.5. The summed E-state index contributed by atoms with van der Waals surface area (Å²) in [5.41, 5.74) is 1.81. The molecule has 122 valence electrons. The highest BCUT2D eigenvalue weighted by molar-refractivity contribution is 6.13. The summed E-state index contributed by atoms with van der Waals surface area (Å²) < 4.78 is 10.7. The molecule has 0 amide bonds. The molecular weight excluding hydrogens is 314 g/mol. The zero-order valence-corrected chi connectivity index (χ0v) is 13.6. The highest BCUT2D eigenvalue weighted by Gasteiger charge is 2.24. The number of methoxy groups -OCH3 is 1. The van der Waals surface area contributed by atoms with Gasteiger partial charge in [-0.2, -0.15) is 0 Å². The van der Waals surface area contributed by atoms with Gasteiger partial charge in [-0.1, -0.05) is 48.5 Å². The molecule has 1 heterocycles. The van der Waals surface area contributed by atoms with Gasteiger partial charge in [-0.15, -0.1) is 0 Å². The molecule has 0 saturated carbocycles. The number of fused-ring (bicyclic) bond motifs is 1. The number of aliphatic imine (C=N–C) groups is 1. The third-order valence-corrected chi connectivity index (χ3v) is 4.05. The lowest BCUT2D eigenvalue weighted by atomic mass is 10.1. The molecule has 0 bridgehead atoms. The van der Waals surface area contributed by atoms with E-state index in [0.29, 0.717) is 11.6 Å². The number of benzene rings is 3. The van der Waals surface area contributed by atoms with Crippen LogP contribution >= 0.6 is 0 Å². The lowest BCUT2D eigenvalue weighted by Gasteiger charge is -2.03. The predicted octanol–water partition coefficient (Wildman–Crippen LogP) is 4.19. The topological polar surface area (TPSA) is 47.9 Å². The number of ether oxygens (including phenoxy) is 2. The van der Waals surface area contributed by atoms with Crippen molar-refractivity contribution < 1.29 is 14.3 Å². The minimum atomic E-state index is -0.464. The second-order valence-corrected chi connectivity index (χ2v) is 5.64. The number of cyclic esters (lactones) is 1. The molecule has 4 rings (SSSR count). The standard InChI is InChI=1S/C21H15NO3/c1-24-19-9-5-4-8-16(19)13-18-21(23)25-20(22-18)17-11-10-14-6-2-3-7-15(14)12-17/h2-13H,1H3/b18-13-. The quantitative estimate of drug-likeness (QED) is 0.535. The van der Waals surface area contributed by atoms with E-state index < -0.39 is 5.97 Å². The Labute approximate surface area is 145 Å². The number of hydrogen-bond acceptors (Lipinski definition) is 4. The van der Waals surface area contributed by atoms with Crippen molar-refractivity contribution in [2.24, 2.45) is 4.99 Å². The second kappa shape index (κ2) is 6.24. The van der Waals surface area contributed by atoms with Gasteiger partial charge in [0.15, 0.2) is 5.70 Å². The lowest BCUT2D eigenvalue weighted by molar-refractivity contribution is -0.129. The fraction of sp³-hybridized carbons (Fsp3) is 0.0476. The van der Waals surface area contributed by atoms with E-state index in [1.54, 1.807) is 13.2 Å². The second-order valence-electron chi connectivity index (χ2n) is 5.64. The van der Waals surface area contributed by atoms with Crippen LogP contribution in [0.5, 0.6) is 5.75 Å². The SMILES string of the molecule is COc1ccccc1/C=C1\N=C(c2ccc3ccccc3c2)OC1=O. The number of hydrogen-bond donors (Lipinski definition) is 0. The zero-order valence-electron chi connectivity index (χ0n) is 13.6. The smallest absolute Gasteiger partial charge is 0.363 e. The summed E-state index contributed by atoms with van der Waals surface area (Å²) in [5, 5.41) is 2.20. The van der Waals surface area contributed by atoms with Crippen molar-refractivity contribution in [1.29, 1.82) is 0 Å². The van der Waals surface area contributed by atoms with E-state index in [2.05, 4.69) is 4.99 Å². The van der Waals surface area contributed by atoms with Crippen LogP contribution in [0, 0.1) is 0 Å². The minimum Gasteiger partial charge on any atom is -0.496 e. The summed E-state index contributed by atoms with van der Waals surface area (Å²) in [5.74, 6) is 0.531. The molecule has 4 nitrogen and oxygen atoms in total. The van der Waals surface area contributed by atoms with Crippen molar-refractivity contribution in [3.63, 3.8) is 0 Å². The van der Waals surface area contributed by atoms with Gasteiger partial charge < -0.3 is 9.47 Å². The van der Waals surface area contributed by atoms with Crippen molar-refractivity contribution >= 4 is 28.7 Å². The Bertz CT molecular complexity index is 1030. The summed E-state index contributed by atoms with van der Waals surface area (Å²) in [6.45, 7) is 0. The Morgan fingerprint density at radius 3 is 2.56 bits per heavy atom. The number of para-hydroxylation sites is 1. The average Bonchev–Trinajstić information content (AvgIpc) is 3.02. The van der Waals surface area contributed by atoms with E-state index in [1.165, 1.54) is 0 Å². The van der Waals surface area contributed by atoms with Crippen LogP contribution in [-0.4, -0.2) is 19.0 Å². The molecule has 4 heteroatoms. The Hall–Kier alpha value is -3.40. The largest absolute Gasteiger partial charge is 0.496 e. The van der Waals surface area contributed by atoms with E-state index >= 15 is 0 Å². The van der Waals surface area contributed by atoms with E-state index in [0.717, 1.165) is 21.9 Å². The van der Waals surface area contributed by atoms with Crippen LogP contribution in [0.3, 0.4) is 0 Å². The Kier molecular flexibility index (Phi) is 3.78. The maximum absolute atomic E-state index is 12.2. The van der Waals surface area contributed by atoms with Crippen LogP contribution in [0.1, 0.15) is 11.1 Å². The summed E-state index contributed by atoms with van der Waals surface area (Å²) >= 11 is 0. The van der Waals surface area contributed by atoms with Gasteiger partial charge in [0.1, 0.15) is 5.75 Å². The van der Waals surface area contributed by atoms with E-state index in [9.17, 15) is 4.79 Å². The third kappa shape index (κ3) is 2.90. The number of carbonyl (C=O) groups excluding carboxylic acids is 1. The Morgan fingerprint density at radius 1 is 0.960 bits per heavy atom. The molecule has 0 aromatic heterocycles. The van der Waals surface area contributed by atoms with Crippen LogP contribution in [0.4, 0.5) is 0 Å². The first-order valence-electron chi connectivity index (χ1n) is 7.89. The molecule has 3 aromatic rings. The summed E-state index contributed by atoms with van der Waals surface area (Å²) in [6, 6.07) is 21.3. The molecule has 0 unspecified atom stereocenters. The van der Waals surface area contributed by atoms with E-state index in [-0.39, 0.29) is 5.70 Å². The first-order chi connectivity index (χ1) is 12.2. The first-order valence-corrected chi connectivity index (χ1v) is 7.89. The molecule has 0 atom stereocenters. The van der Waals surface area contributed by atoms with Crippen molar-refractivity contribution in [2.75, 3.05) is 7.11 Å². The molecule has 0 spiro atoms. The molecule has 0 fully saturated rings. The molecule has 0 radical (unpaired) electrons. The summed E-state index contributed by atoms with van der Waals surface area (Å²) in [6.07, 6.45) is 1.68. The molecule has 0 saturated heterocycles. The van der Waals surface area contributed by atoms with Crippen molar-refractivity contribution in [1.82, 2.24) is 0 Å². The van der Waals surface area contributed by atoms with Crippen molar-refractivity contribution in [2.45, 2.75) is 0 Å². The van der Waals surface area contributed by atoms with Crippen LogP contribution < -0.4 is 4.74 Å². The molecule has 3 aromatic carbocycles. The van der Waals surface area contributed by atoms with Gasteiger partial charge in [-0.3, -0.25) is 0 Å². The fourth-order valence-corrected chi connectivity index (χ4v) is 2.79. The van der Waals surface area contributed by atoms with Crippen molar-refractivity contribution in [3.05, 3.63) is 83.6 Å². The van der Waals surface area contributed by atoms with Gasteiger partial charge in [0.2, 0.25) is 5.90 Å². The monoisotopic (exact) mass is 329 g/mol. The van der Waals surface area contributed by atoms with Crippen LogP contribution in [0.15, 0.2) is 77.4 Å². The van der Waals surface area contributed by atoms with E-state index in [1.807, 2.05) is 66.7 Å². The predicted molar refractivity (Wildman–Crippen MR) is 97.5 cm³/mol. The normalized spacial score (nSPS) is 15.3. The molecule has 1 aliphatic rings. The number of rotatable bonds is 3. The molecule has 0 aliphatic carbocycles. The van der Waals surface area contributed by atoms with Gasteiger partial charge in [0.05, 0.1) is 7.11 Å². The van der Waals surface area contributed by atoms with Gasteiger partial charge in [0.25, 0.3) is 0 Å². The van der Waals surface area contributed by atoms with Crippen molar-refractivity contribution in [3.8, 4) is 5.75 Å². The van der Waals surface area contributed by atoms with Crippen LogP contribution in [0.25, 0.3) is 16.8 Å². The van der Waals surface area contributed by atoms with Gasteiger partial charge in [-0.25, -0.2) is 9.79 Å². The highest BCUT2D eigenvalue weighted by atomic mass is 16.6. The summed E-state index contributed by atoms with van der Waals surface area (Å²) in [7, 11) is 1.59. The number of esters is 1. The molecular formula is C21H15NO3. The van der Waals surface area contributed by atoms with Crippen LogP contribution in [0.2, 0.25) is 0 Å². The highest BCUT2D eigenvalue weighted by Crippen LogP contribution is 2.25. The van der Waals surface area contributed by atoms with Gasteiger partial charge in [-0.05, 0) is 35.0 Å². The van der Waals surface area contributed by atoms with Crippen LogP contribution in [-0.2, 0) is 9.53 Å².